The second-order valence-corrected chi connectivity index (χ2v) is 6.48. The van der Waals surface area contributed by atoms with E-state index in [1.165, 1.54) is 0 Å². The number of benzene rings is 1. The smallest absolute Gasteiger partial charge is 0.332 e. The lowest BCUT2D eigenvalue weighted by Crippen LogP contribution is -2.38. The molecule has 0 saturated heterocycles. The Bertz CT molecular complexity index is 608. The van der Waals surface area contributed by atoms with Gasteiger partial charge in [-0.15, -0.1) is 0 Å². The number of carboxylic acid groups (broad SMARTS) is 1. The highest BCUT2D eigenvalue weighted by atomic mass is 16.5. The molecule has 2 atom stereocenters. The van der Waals surface area contributed by atoms with Crippen LogP contribution in [-0.2, 0) is 11.2 Å². The SMILES string of the molecule is Cc1c(C)c2c(c(C)c1O)CCC(C)(CCC(O)C(=O)O)O2. The number of aliphatic hydroxyl groups is 1. The van der Waals surface area contributed by atoms with E-state index in [1.807, 2.05) is 27.7 Å². The van der Waals surface area contributed by atoms with Crippen LogP contribution in [0.5, 0.6) is 11.5 Å². The van der Waals surface area contributed by atoms with Crippen molar-refractivity contribution in [1.82, 2.24) is 0 Å². The zero-order valence-electron chi connectivity index (χ0n) is 13.6. The fourth-order valence-corrected chi connectivity index (χ4v) is 3.04. The summed E-state index contributed by atoms with van der Waals surface area (Å²) < 4.78 is 6.18. The van der Waals surface area contributed by atoms with Crippen molar-refractivity contribution in [3.05, 3.63) is 22.3 Å². The molecule has 0 aromatic heterocycles. The van der Waals surface area contributed by atoms with Gasteiger partial charge in [-0.1, -0.05) is 0 Å². The van der Waals surface area contributed by atoms with Crippen LogP contribution in [0, 0.1) is 20.8 Å². The molecule has 0 bridgehead atoms. The predicted octanol–water partition coefficient (Wildman–Crippen LogP) is 2.63. The van der Waals surface area contributed by atoms with Crippen LogP contribution >= 0.6 is 0 Å². The maximum Gasteiger partial charge on any atom is 0.332 e. The first-order valence-corrected chi connectivity index (χ1v) is 7.58. The number of rotatable bonds is 4. The number of carbonyl (C=O) groups is 1. The van der Waals surface area contributed by atoms with Crippen molar-refractivity contribution in [2.45, 2.75) is 65.1 Å². The van der Waals surface area contributed by atoms with Crippen molar-refractivity contribution in [2.75, 3.05) is 0 Å². The Hall–Kier alpha value is -1.75. The van der Waals surface area contributed by atoms with Crippen LogP contribution in [0.25, 0.3) is 0 Å². The number of hydrogen-bond donors (Lipinski definition) is 3. The van der Waals surface area contributed by atoms with Crippen molar-refractivity contribution in [3.8, 4) is 11.5 Å². The largest absolute Gasteiger partial charge is 0.507 e. The van der Waals surface area contributed by atoms with Crippen LogP contribution in [0.1, 0.15) is 48.4 Å². The number of ether oxygens (including phenoxy) is 1. The molecule has 0 fully saturated rings. The summed E-state index contributed by atoms with van der Waals surface area (Å²) in [4.78, 5) is 10.7. The van der Waals surface area contributed by atoms with E-state index in [-0.39, 0.29) is 6.42 Å². The minimum absolute atomic E-state index is 0.163. The third-order valence-corrected chi connectivity index (χ3v) is 4.82. The van der Waals surface area contributed by atoms with Gasteiger partial charge in [0, 0.05) is 5.56 Å². The molecule has 1 aliphatic heterocycles. The number of aliphatic hydroxyl groups excluding tert-OH is 1. The first-order valence-electron chi connectivity index (χ1n) is 7.58. The number of phenols is 1. The summed E-state index contributed by atoms with van der Waals surface area (Å²) in [6.45, 7) is 7.62. The number of carboxylic acids is 1. The first kappa shape index (κ1) is 16.6. The lowest BCUT2D eigenvalue weighted by Gasteiger charge is -2.38. The Morgan fingerprint density at radius 3 is 2.50 bits per heavy atom. The molecule has 0 aliphatic carbocycles. The zero-order valence-corrected chi connectivity index (χ0v) is 13.6. The molecule has 1 aromatic rings. The summed E-state index contributed by atoms with van der Waals surface area (Å²) in [5.74, 6) is -0.0799. The minimum atomic E-state index is -1.36. The van der Waals surface area contributed by atoms with Crippen LogP contribution in [0.2, 0.25) is 0 Å². The molecule has 122 valence electrons. The first-order chi connectivity index (χ1) is 10.2. The Balaban J connectivity index is 2.26. The lowest BCUT2D eigenvalue weighted by molar-refractivity contribution is -0.147. The zero-order chi connectivity index (χ0) is 16.7. The molecule has 5 heteroatoms. The molecule has 0 spiro atoms. The van der Waals surface area contributed by atoms with Crippen LogP contribution in [-0.4, -0.2) is 33.0 Å². The number of aliphatic carboxylic acids is 1. The van der Waals surface area contributed by atoms with E-state index in [9.17, 15) is 15.0 Å². The average molecular weight is 308 g/mol. The van der Waals surface area contributed by atoms with E-state index in [0.29, 0.717) is 12.2 Å². The predicted molar refractivity (Wildman–Crippen MR) is 82.5 cm³/mol. The molecule has 2 rings (SSSR count). The minimum Gasteiger partial charge on any atom is -0.507 e. The third-order valence-electron chi connectivity index (χ3n) is 4.82. The van der Waals surface area contributed by atoms with E-state index < -0.39 is 17.7 Å². The highest BCUT2D eigenvalue weighted by Gasteiger charge is 2.35. The van der Waals surface area contributed by atoms with Crippen LogP contribution in [0.15, 0.2) is 0 Å². The molecule has 22 heavy (non-hydrogen) atoms. The number of hydrogen-bond acceptors (Lipinski definition) is 4. The average Bonchev–Trinajstić information content (AvgIpc) is 2.48. The van der Waals surface area contributed by atoms with E-state index in [1.54, 1.807) is 0 Å². The fraction of sp³-hybridized carbons (Fsp3) is 0.588. The molecule has 0 saturated carbocycles. The van der Waals surface area contributed by atoms with Gasteiger partial charge in [0.1, 0.15) is 17.1 Å². The molecule has 0 radical (unpaired) electrons. The number of aromatic hydroxyl groups is 1. The van der Waals surface area contributed by atoms with Crippen molar-refractivity contribution in [1.29, 1.82) is 0 Å². The van der Waals surface area contributed by atoms with E-state index in [2.05, 4.69) is 0 Å². The summed E-state index contributed by atoms with van der Waals surface area (Å²) in [5, 5.41) is 28.4. The molecule has 1 aromatic carbocycles. The van der Waals surface area contributed by atoms with E-state index >= 15 is 0 Å². The summed E-state index contributed by atoms with van der Waals surface area (Å²) >= 11 is 0. The monoisotopic (exact) mass is 308 g/mol. The van der Waals surface area contributed by atoms with E-state index in [4.69, 9.17) is 9.84 Å². The number of fused-ring (bicyclic) bond motifs is 1. The van der Waals surface area contributed by atoms with Gasteiger partial charge in [0.05, 0.1) is 0 Å². The Kier molecular flexibility index (Phi) is 4.38. The summed E-state index contributed by atoms with van der Waals surface area (Å²) in [7, 11) is 0. The van der Waals surface area contributed by atoms with Gasteiger partial charge in [-0.2, -0.15) is 0 Å². The molecule has 1 aliphatic rings. The van der Waals surface area contributed by atoms with Crippen molar-refractivity contribution >= 4 is 5.97 Å². The third kappa shape index (κ3) is 2.90. The second-order valence-electron chi connectivity index (χ2n) is 6.48. The molecular weight excluding hydrogens is 284 g/mol. The van der Waals surface area contributed by atoms with Gasteiger partial charge in [0.2, 0.25) is 0 Å². The maximum atomic E-state index is 10.7. The Morgan fingerprint density at radius 1 is 1.27 bits per heavy atom. The van der Waals surface area contributed by atoms with Crippen molar-refractivity contribution in [3.63, 3.8) is 0 Å². The number of phenolic OH excluding ortho intramolecular Hbond substituents is 1. The molecular formula is C17H24O5. The summed E-state index contributed by atoms with van der Waals surface area (Å²) in [5.41, 5.74) is 3.11. The van der Waals surface area contributed by atoms with Gasteiger partial charge in [-0.25, -0.2) is 4.79 Å². The van der Waals surface area contributed by atoms with Crippen LogP contribution in [0.3, 0.4) is 0 Å². The summed E-state index contributed by atoms with van der Waals surface area (Å²) in [6.07, 6.45) is 0.783. The van der Waals surface area contributed by atoms with Crippen molar-refractivity contribution in [2.24, 2.45) is 0 Å². The van der Waals surface area contributed by atoms with Gasteiger partial charge < -0.3 is 20.1 Å². The normalized spacial score (nSPS) is 21.9. The topological polar surface area (TPSA) is 87.0 Å². The standard InChI is InChI=1S/C17H24O5/c1-9-10(2)15-12(11(3)14(9)19)5-7-17(4,22-15)8-6-13(18)16(20)21/h13,18-19H,5-8H2,1-4H3,(H,20,21). The molecule has 0 amide bonds. The van der Waals surface area contributed by atoms with Gasteiger partial charge in [0.15, 0.2) is 6.10 Å². The van der Waals surface area contributed by atoms with Gasteiger partial charge in [-0.3, -0.25) is 0 Å². The van der Waals surface area contributed by atoms with Gasteiger partial charge in [0.25, 0.3) is 0 Å². The quantitative estimate of drug-likeness (QED) is 0.796. The molecule has 3 N–H and O–H groups in total. The Labute approximate surface area is 130 Å². The highest BCUT2D eigenvalue weighted by Crippen LogP contribution is 2.44. The highest BCUT2D eigenvalue weighted by molar-refractivity contribution is 5.71. The van der Waals surface area contributed by atoms with Crippen LogP contribution < -0.4 is 4.74 Å². The molecule has 5 nitrogen and oxygen atoms in total. The molecule has 1 heterocycles. The fourth-order valence-electron chi connectivity index (χ4n) is 3.04. The maximum absolute atomic E-state index is 10.7. The molecule has 2 unspecified atom stereocenters. The second kappa shape index (κ2) is 5.80. The lowest BCUT2D eigenvalue weighted by atomic mass is 9.84. The Morgan fingerprint density at radius 2 is 1.91 bits per heavy atom. The van der Waals surface area contributed by atoms with Crippen molar-refractivity contribution < 1.29 is 24.9 Å². The van der Waals surface area contributed by atoms with Crippen LogP contribution in [0.4, 0.5) is 0 Å². The van der Waals surface area contributed by atoms with Gasteiger partial charge >= 0.3 is 5.97 Å². The van der Waals surface area contributed by atoms with E-state index in [0.717, 1.165) is 40.8 Å². The summed E-state index contributed by atoms with van der Waals surface area (Å²) in [6, 6.07) is 0. The van der Waals surface area contributed by atoms with Gasteiger partial charge in [-0.05, 0) is 70.1 Å².